The van der Waals surface area contributed by atoms with E-state index in [1.165, 1.54) is 24.4 Å². The van der Waals surface area contributed by atoms with Gasteiger partial charge < -0.3 is 15.9 Å². The molecule has 0 spiro atoms. The second kappa shape index (κ2) is 4.78. The number of benzene rings is 1. The van der Waals surface area contributed by atoms with E-state index in [1.807, 2.05) is 5.43 Å². The summed E-state index contributed by atoms with van der Waals surface area (Å²) in [5, 5.41) is 21.4. The van der Waals surface area contributed by atoms with Crippen LogP contribution in [0.2, 0.25) is 0 Å². The van der Waals surface area contributed by atoms with E-state index >= 15 is 0 Å². The largest absolute Gasteiger partial charge is 0.507 e. The van der Waals surface area contributed by atoms with Crippen LogP contribution in [0.3, 0.4) is 0 Å². The first-order chi connectivity index (χ1) is 7.50. The Labute approximate surface area is 90.2 Å². The third-order valence-electron chi connectivity index (χ3n) is 1.64. The number of aromatic hydroxyl groups is 1. The number of carbonyl (C=O) groups excluding carboxylic acids is 1. The van der Waals surface area contributed by atoms with E-state index in [1.54, 1.807) is 0 Å². The van der Waals surface area contributed by atoms with Gasteiger partial charge in [0.25, 0.3) is 0 Å². The van der Waals surface area contributed by atoms with Crippen LogP contribution in [0, 0.1) is 0 Å². The van der Waals surface area contributed by atoms with Crippen molar-refractivity contribution in [2.45, 2.75) is 0 Å². The van der Waals surface area contributed by atoms with Crippen LogP contribution in [-0.4, -0.2) is 28.4 Å². The van der Waals surface area contributed by atoms with E-state index in [2.05, 4.69) is 5.10 Å². The first-order valence-electron chi connectivity index (χ1n) is 4.15. The van der Waals surface area contributed by atoms with Crippen molar-refractivity contribution in [2.24, 2.45) is 10.8 Å². The fourth-order valence-electron chi connectivity index (χ4n) is 0.980. The lowest BCUT2D eigenvalue weighted by Gasteiger charge is -2.00. The molecule has 2 amide bonds. The maximum absolute atomic E-state index is 10.6. The first-order valence-corrected chi connectivity index (χ1v) is 4.15. The van der Waals surface area contributed by atoms with Gasteiger partial charge in [-0.15, -0.1) is 0 Å². The van der Waals surface area contributed by atoms with E-state index in [0.29, 0.717) is 5.56 Å². The van der Waals surface area contributed by atoms with Gasteiger partial charge in [-0.3, -0.25) is 0 Å². The summed E-state index contributed by atoms with van der Waals surface area (Å²) >= 11 is 0. The van der Waals surface area contributed by atoms with Crippen molar-refractivity contribution in [3.05, 3.63) is 29.3 Å². The molecular weight excluding hydrogens is 214 g/mol. The van der Waals surface area contributed by atoms with Gasteiger partial charge in [-0.25, -0.2) is 15.0 Å². The van der Waals surface area contributed by atoms with Crippen LogP contribution in [-0.2, 0) is 0 Å². The number of primary amides is 1. The first kappa shape index (κ1) is 11.5. The maximum atomic E-state index is 10.6. The molecule has 0 saturated heterocycles. The molecule has 0 aliphatic rings. The van der Waals surface area contributed by atoms with Crippen LogP contribution in [0.15, 0.2) is 23.3 Å². The van der Waals surface area contributed by atoms with Crippen molar-refractivity contribution in [1.82, 2.24) is 5.43 Å². The molecule has 1 aromatic carbocycles. The molecule has 0 aromatic heterocycles. The summed E-state index contributed by atoms with van der Waals surface area (Å²) in [6, 6.07) is 3.04. The number of carbonyl (C=O) groups is 2. The Morgan fingerprint density at radius 3 is 2.62 bits per heavy atom. The fourth-order valence-corrected chi connectivity index (χ4v) is 0.980. The summed E-state index contributed by atoms with van der Waals surface area (Å²) in [4.78, 5) is 20.8. The Bertz CT molecular complexity index is 456. The quantitative estimate of drug-likeness (QED) is 0.428. The minimum absolute atomic E-state index is 0.208. The number of urea groups is 1. The number of amides is 2. The highest BCUT2D eigenvalue weighted by atomic mass is 16.4. The van der Waals surface area contributed by atoms with Crippen LogP contribution in [0.5, 0.6) is 5.75 Å². The number of carboxylic acids is 1. The maximum Gasteiger partial charge on any atom is 0.339 e. The van der Waals surface area contributed by atoms with Gasteiger partial charge in [-0.1, -0.05) is 6.07 Å². The van der Waals surface area contributed by atoms with Gasteiger partial charge in [-0.05, 0) is 17.7 Å². The second-order valence-electron chi connectivity index (χ2n) is 2.82. The monoisotopic (exact) mass is 223 g/mol. The number of hydrazone groups is 1. The van der Waals surface area contributed by atoms with Gasteiger partial charge in [0.05, 0.1) is 6.21 Å². The summed E-state index contributed by atoms with van der Waals surface area (Å²) in [7, 11) is 0. The zero-order valence-corrected chi connectivity index (χ0v) is 8.04. The third-order valence-corrected chi connectivity index (χ3v) is 1.64. The van der Waals surface area contributed by atoms with Crippen molar-refractivity contribution in [3.63, 3.8) is 0 Å². The average molecular weight is 223 g/mol. The fraction of sp³-hybridized carbons (Fsp3) is 0. The normalized spacial score (nSPS) is 10.2. The molecule has 7 heteroatoms. The molecule has 1 aromatic rings. The van der Waals surface area contributed by atoms with Crippen molar-refractivity contribution in [3.8, 4) is 5.75 Å². The summed E-state index contributed by atoms with van der Waals surface area (Å²) in [5.41, 5.74) is 6.94. The molecule has 0 aliphatic carbocycles. The number of carboxylic acid groups (broad SMARTS) is 1. The number of nitrogens with one attached hydrogen (secondary N) is 1. The summed E-state index contributed by atoms with van der Waals surface area (Å²) in [5.74, 6) is -1.60. The predicted octanol–water partition coefficient (Wildman–Crippen LogP) is 0.0926. The molecule has 1 rings (SSSR count). The molecule has 0 bridgehead atoms. The number of nitrogens with two attached hydrogens (primary N) is 1. The topological polar surface area (TPSA) is 125 Å². The highest BCUT2D eigenvalue weighted by Gasteiger charge is 2.08. The molecule has 0 saturated carbocycles. The van der Waals surface area contributed by atoms with E-state index in [0.717, 1.165) is 0 Å². The Morgan fingerprint density at radius 2 is 2.12 bits per heavy atom. The Morgan fingerprint density at radius 1 is 1.44 bits per heavy atom. The third kappa shape index (κ3) is 2.98. The standard InChI is InChI=1S/C9H9N3O4/c10-9(16)12-11-4-5-1-2-6(8(14)15)7(13)3-5/h1-4,13H,(H,14,15)(H3,10,12,16). The number of phenols is 1. The van der Waals surface area contributed by atoms with E-state index < -0.39 is 12.0 Å². The van der Waals surface area contributed by atoms with Gasteiger partial charge in [0.15, 0.2) is 0 Å². The van der Waals surface area contributed by atoms with Crippen molar-refractivity contribution >= 4 is 18.2 Å². The highest BCUT2D eigenvalue weighted by molar-refractivity contribution is 5.92. The molecule has 84 valence electrons. The predicted molar refractivity (Wildman–Crippen MR) is 55.4 cm³/mol. The lowest BCUT2D eigenvalue weighted by Crippen LogP contribution is -2.24. The van der Waals surface area contributed by atoms with Gasteiger partial charge in [0.2, 0.25) is 0 Å². The van der Waals surface area contributed by atoms with Crippen LogP contribution in [0.4, 0.5) is 4.79 Å². The average Bonchev–Trinajstić information content (AvgIpc) is 2.16. The molecule has 16 heavy (non-hydrogen) atoms. The minimum atomic E-state index is -1.23. The Balaban J connectivity index is 2.85. The molecule has 0 radical (unpaired) electrons. The van der Waals surface area contributed by atoms with Crippen LogP contribution in [0.1, 0.15) is 15.9 Å². The van der Waals surface area contributed by atoms with Crippen LogP contribution < -0.4 is 11.2 Å². The van der Waals surface area contributed by atoms with Gasteiger partial charge in [-0.2, -0.15) is 5.10 Å². The van der Waals surface area contributed by atoms with Gasteiger partial charge in [0.1, 0.15) is 11.3 Å². The highest BCUT2D eigenvalue weighted by Crippen LogP contribution is 2.17. The number of hydrogen-bond acceptors (Lipinski definition) is 4. The molecule has 0 aliphatic heterocycles. The Hall–Kier alpha value is -2.57. The zero-order chi connectivity index (χ0) is 12.1. The minimum Gasteiger partial charge on any atom is -0.507 e. The smallest absolute Gasteiger partial charge is 0.339 e. The lowest BCUT2D eigenvalue weighted by atomic mass is 10.1. The van der Waals surface area contributed by atoms with E-state index in [4.69, 9.17) is 10.8 Å². The Kier molecular flexibility index (Phi) is 3.44. The lowest BCUT2D eigenvalue weighted by molar-refractivity contribution is 0.0693. The molecule has 7 nitrogen and oxygen atoms in total. The summed E-state index contributed by atoms with van der Waals surface area (Å²) in [6.45, 7) is 0. The SMILES string of the molecule is NC(=O)NN=Cc1ccc(C(=O)O)c(O)c1. The van der Waals surface area contributed by atoms with E-state index in [9.17, 15) is 14.7 Å². The summed E-state index contributed by atoms with van der Waals surface area (Å²) < 4.78 is 0. The van der Waals surface area contributed by atoms with Gasteiger partial charge >= 0.3 is 12.0 Å². The number of hydrogen-bond donors (Lipinski definition) is 4. The molecule has 5 N–H and O–H groups in total. The molecule has 0 unspecified atom stereocenters. The zero-order valence-electron chi connectivity index (χ0n) is 8.04. The number of aromatic carboxylic acids is 1. The molecule has 0 heterocycles. The van der Waals surface area contributed by atoms with Crippen molar-refractivity contribution in [1.29, 1.82) is 0 Å². The van der Waals surface area contributed by atoms with E-state index in [-0.39, 0.29) is 11.3 Å². The molecule has 0 atom stereocenters. The van der Waals surface area contributed by atoms with Gasteiger partial charge in [0, 0.05) is 0 Å². The van der Waals surface area contributed by atoms with Crippen molar-refractivity contribution in [2.75, 3.05) is 0 Å². The molecular formula is C9H9N3O4. The second-order valence-corrected chi connectivity index (χ2v) is 2.82. The van der Waals surface area contributed by atoms with Crippen LogP contribution >= 0.6 is 0 Å². The van der Waals surface area contributed by atoms with Crippen LogP contribution in [0.25, 0.3) is 0 Å². The molecule has 0 fully saturated rings. The van der Waals surface area contributed by atoms with Crippen molar-refractivity contribution < 1.29 is 19.8 Å². The summed E-state index contributed by atoms with van der Waals surface area (Å²) in [6.07, 6.45) is 1.22. The number of nitrogens with zero attached hydrogens (tertiary/aromatic N) is 1. The number of rotatable bonds is 3.